The lowest BCUT2D eigenvalue weighted by atomic mass is 10.2. The molecule has 17 heavy (non-hydrogen) atoms. The Kier molecular flexibility index (Phi) is 3.94. The smallest absolute Gasteiger partial charge is 0.307 e. The van der Waals surface area contributed by atoms with Gasteiger partial charge in [0.05, 0.1) is 17.0 Å². The molecule has 0 aliphatic rings. The van der Waals surface area contributed by atoms with E-state index in [0.717, 1.165) is 12.3 Å². The Bertz CT molecular complexity index is 490. The third-order valence-electron chi connectivity index (χ3n) is 1.70. The van der Waals surface area contributed by atoms with E-state index in [0.29, 0.717) is 0 Å². The molecule has 0 fully saturated rings. The normalized spacial score (nSPS) is 9.71. The predicted octanol–water partition coefficient (Wildman–Crippen LogP) is -0.142. The molecule has 2 amide bonds. The van der Waals surface area contributed by atoms with Gasteiger partial charge in [0.25, 0.3) is 5.91 Å². The van der Waals surface area contributed by atoms with Gasteiger partial charge in [-0.25, -0.2) is 4.98 Å². The first-order chi connectivity index (χ1) is 7.91. The molecule has 1 heterocycles. The Morgan fingerprint density at radius 1 is 1.59 bits per heavy atom. The molecule has 9 heteroatoms. The van der Waals surface area contributed by atoms with Crippen molar-refractivity contribution in [3.8, 4) is 0 Å². The fourth-order valence-corrected chi connectivity index (χ4v) is 1.13. The molecule has 0 aliphatic carbocycles. The summed E-state index contributed by atoms with van der Waals surface area (Å²) in [5.74, 6) is -1.43. The van der Waals surface area contributed by atoms with E-state index >= 15 is 0 Å². The van der Waals surface area contributed by atoms with Crippen LogP contribution in [0.15, 0.2) is 12.3 Å². The van der Waals surface area contributed by atoms with Crippen LogP contribution in [0.3, 0.4) is 0 Å². The quantitative estimate of drug-likeness (QED) is 0.441. The fourth-order valence-electron chi connectivity index (χ4n) is 0.958. The van der Waals surface area contributed by atoms with E-state index in [1.54, 1.807) is 0 Å². The maximum absolute atomic E-state index is 11.4. The first kappa shape index (κ1) is 12.8. The van der Waals surface area contributed by atoms with Crippen molar-refractivity contribution in [3.63, 3.8) is 0 Å². The van der Waals surface area contributed by atoms with Crippen LogP contribution in [-0.2, 0) is 4.79 Å². The molecule has 0 unspecified atom stereocenters. The average Bonchev–Trinajstić information content (AvgIpc) is 2.26. The molecule has 0 saturated heterocycles. The largest absolute Gasteiger partial charge is 0.368 e. The lowest BCUT2D eigenvalue weighted by molar-refractivity contribution is -0.385. The summed E-state index contributed by atoms with van der Waals surface area (Å²) in [6.45, 7) is -0.366. The molecule has 0 aromatic carbocycles. The van der Waals surface area contributed by atoms with Gasteiger partial charge in [0.2, 0.25) is 11.1 Å². The van der Waals surface area contributed by atoms with Crippen molar-refractivity contribution in [2.75, 3.05) is 6.54 Å². The van der Waals surface area contributed by atoms with Gasteiger partial charge in [-0.3, -0.25) is 19.7 Å². The monoisotopic (exact) mass is 258 g/mol. The average molecular weight is 259 g/mol. The van der Waals surface area contributed by atoms with Crippen molar-refractivity contribution in [3.05, 3.63) is 33.1 Å². The lowest BCUT2D eigenvalue weighted by Crippen LogP contribution is -2.33. The number of primary amides is 1. The van der Waals surface area contributed by atoms with E-state index in [4.69, 9.17) is 17.3 Å². The molecule has 1 aromatic rings. The van der Waals surface area contributed by atoms with Crippen LogP contribution in [0.5, 0.6) is 0 Å². The van der Waals surface area contributed by atoms with Gasteiger partial charge in [0.1, 0.15) is 0 Å². The van der Waals surface area contributed by atoms with Crippen molar-refractivity contribution in [1.82, 2.24) is 10.3 Å². The second-order valence-corrected chi connectivity index (χ2v) is 3.30. The maximum atomic E-state index is 11.4. The minimum Gasteiger partial charge on any atom is -0.368 e. The van der Waals surface area contributed by atoms with Crippen LogP contribution in [0, 0.1) is 10.1 Å². The summed E-state index contributed by atoms with van der Waals surface area (Å²) in [7, 11) is 0. The third-order valence-corrected chi connectivity index (χ3v) is 1.99. The van der Waals surface area contributed by atoms with Crippen LogP contribution in [0.25, 0.3) is 0 Å². The minimum atomic E-state index is -0.764. The Morgan fingerprint density at radius 2 is 2.24 bits per heavy atom. The van der Waals surface area contributed by atoms with E-state index in [2.05, 4.69) is 10.3 Å². The minimum absolute atomic E-state index is 0.0812. The third kappa shape index (κ3) is 3.38. The van der Waals surface area contributed by atoms with Gasteiger partial charge in [-0.05, 0) is 0 Å². The van der Waals surface area contributed by atoms with E-state index in [9.17, 15) is 19.7 Å². The van der Waals surface area contributed by atoms with Crippen LogP contribution in [0.2, 0.25) is 5.15 Å². The van der Waals surface area contributed by atoms with Gasteiger partial charge in [-0.2, -0.15) is 0 Å². The standard InChI is InChI=1S/C8H7ClN4O4/c9-7-5(13(16)17)1-4(2-11-7)8(15)12-3-6(10)14/h1-2H,3H2,(H2,10,14)(H,12,15). The number of rotatable bonds is 4. The molecule has 0 spiro atoms. The number of nitrogens with two attached hydrogens (primary N) is 1. The summed E-state index contributed by atoms with van der Waals surface area (Å²) in [5, 5.41) is 12.4. The number of pyridine rings is 1. The van der Waals surface area contributed by atoms with Crippen molar-refractivity contribution in [2.24, 2.45) is 5.73 Å². The summed E-state index contributed by atoms with van der Waals surface area (Å²) in [5.41, 5.74) is 4.25. The number of nitrogens with one attached hydrogen (secondary N) is 1. The highest BCUT2D eigenvalue weighted by Gasteiger charge is 2.17. The summed E-state index contributed by atoms with van der Waals surface area (Å²) in [6.07, 6.45) is 1.06. The van der Waals surface area contributed by atoms with Crippen molar-refractivity contribution >= 4 is 29.1 Å². The first-order valence-electron chi connectivity index (χ1n) is 4.28. The van der Waals surface area contributed by atoms with Crippen LogP contribution >= 0.6 is 11.6 Å². The van der Waals surface area contributed by atoms with Gasteiger partial charge in [-0.15, -0.1) is 0 Å². The van der Waals surface area contributed by atoms with Gasteiger partial charge in [-0.1, -0.05) is 11.6 Å². The van der Waals surface area contributed by atoms with Gasteiger partial charge in [0, 0.05) is 12.3 Å². The second-order valence-electron chi connectivity index (χ2n) is 2.94. The molecule has 1 aromatic heterocycles. The Morgan fingerprint density at radius 3 is 2.76 bits per heavy atom. The summed E-state index contributed by atoms with van der Waals surface area (Å²) < 4.78 is 0. The molecule has 3 N–H and O–H groups in total. The number of carbonyl (C=O) groups excluding carboxylic acids is 2. The Balaban J connectivity index is 2.92. The molecule has 0 bridgehead atoms. The van der Waals surface area contributed by atoms with Crippen LogP contribution < -0.4 is 11.1 Å². The van der Waals surface area contributed by atoms with Crippen LogP contribution in [-0.4, -0.2) is 28.3 Å². The Labute approximate surface area is 99.9 Å². The first-order valence-corrected chi connectivity index (χ1v) is 4.66. The van der Waals surface area contributed by atoms with Gasteiger partial charge < -0.3 is 11.1 Å². The lowest BCUT2D eigenvalue weighted by Gasteiger charge is -2.02. The summed E-state index contributed by atoms with van der Waals surface area (Å²) in [6, 6.07) is 0.964. The van der Waals surface area contributed by atoms with E-state index < -0.39 is 22.4 Å². The number of hydrogen-bond acceptors (Lipinski definition) is 5. The van der Waals surface area contributed by atoms with Crippen LogP contribution in [0.1, 0.15) is 10.4 Å². The molecular weight excluding hydrogens is 252 g/mol. The SMILES string of the molecule is NC(=O)CNC(=O)c1cnc(Cl)c([N+](=O)[O-])c1. The number of halogens is 1. The molecule has 1 rings (SSSR count). The maximum Gasteiger partial charge on any atom is 0.307 e. The number of nitro groups is 1. The second kappa shape index (κ2) is 5.21. The highest BCUT2D eigenvalue weighted by molar-refractivity contribution is 6.31. The van der Waals surface area contributed by atoms with E-state index in [1.807, 2.05) is 0 Å². The van der Waals surface area contributed by atoms with Gasteiger partial charge >= 0.3 is 5.69 Å². The summed E-state index contributed by atoms with van der Waals surface area (Å²) >= 11 is 5.46. The molecule has 0 saturated carbocycles. The van der Waals surface area contributed by atoms with Crippen molar-refractivity contribution in [2.45, 2.75) is 0 Å². The summed E-state index contributed by atoms with van der Waals surface area (Å²) in [4.78, 5) is 35.1. The zero-order valence-electron chi connectivity index (χ0n) is 8.34. The van der Waals surface area contributed by atoms with E-state index in [-0.39, 0.29) is 17.3 Å². The zero-order valence-corrected chi connectivity index (χ0v) is 9.10. The fraction of sp³-hybridized carbons (Fsp3) is 0.125. The van der Waals surface area contributed by atoms with Gasteiger partial charge in [0.15, 0.2) is 0 Å². The molecule has 90 valence electrons. The number of carbonyl (C=O) groups is 2. The van der Waals surface area contributed by atoms with Crippen molar-refractivity contribution < 1.29 is 14.5 Å². The number of aromatic nitrogens is 1. The number of hydrogen-bond donors (Lipinski definition) is 2. The highest BCUT2D eigenvalue weighted by Crippen LogP contribution is 2.22. The predicted molar refractivity (Wildman–Crippen MR) is 57.4 cm³/mol. The molecule has 0 atom stereocenters. The topological polar surface area (TPSA) is 128 Å². The number of amides is 2. The molecule has 0 radical (unpaired) electrons. The zero-order chi connectivity index (χ0) is 13.0. The van der Waals surface area contributed by atoms with E-state index in [1.165, 1.54) is 0 Å². The Hall–Kier alpha value is -2.22. The van der Waals surface area contributed by atoms with Crippen molar-refractivity contribution in [1.29, 1.82) is 0 Å². The van der Waals surface area contributed by atoms with Crippen LogP contribution in [0.4, 0.5) is 5.69 Å². The molecule has 8 nitrogen and oxygen atoms in total. The number of nitrogens with zero attached hydrogens (tertiary/aromatic N) is 2. The molecule has 0 aliphatic heterocycles. The molecular formula is C8H7ClN4O4. The highest BCUT2D eigenvalue weighted by atomic mass is 35.5.